The van der Waals surface area contributed by atoms with Crippen LogP contribution in [-0.2, 0) is 13.6 Å². The van der Waals surface area contributed by atoms with Gasteiger partial charge in [0.2, 0.25) is 0 Å². The van der Waals surface area contributed by atoms with Crippen LogP contribution in [0, 0.1) is 0 Å². The largest absolute Gasteiger partial charge is 0.369 e. The zero-order valence-electron chi connectivity index (χ0n) is 21.5. The van der Waals surface area contributed by atoms with Crippen LogP contribution in [0.3, 0.4) is 0 Å². The summed E-state index contributed by atoms with van der Waals surface area (Å²) in [6.07, 6.45) is 3.77. The minimum Gasteiger partial charge on any atom is -0.369 e. The van der Waals surface area contributed by atoms with E-state index in [2.05, 4.69) is 74.1 Å². The Kier molecular flexibility index (Phi) is 5.88. The summed E-state index contributed by atoms with van der Waals surface area (Å²) < 4.78 is 2.22. The third-order valence-electron chi connectivity index (χ3n) is 7.42. The van der Waals surface area contributed by atoms with E-state index in [0.29, 0.717) is 0 Å². The van der Waals surface area contributed by atoms with Gasteiger partial charge < -0.3 is 14.4 Å². The highest BCUT2D eigenvalue weighted by Gasteiger charge is 2.20. The van der Waals surface area contributed by atoms with E-state index in [0.717, 1.165) is 54.8 Å². The second kappa shape index (κ2) is 9.37. The highest BCUT2D eigenvalue weighted by atomic mass is 16.2. The Bertz CT molecular complexity index is 1570. The lowest BCUT2D eigenvalue weighted by atomic mass is 10.0. The summed E-state index contributed by atoms with van der Waals surface area (Å²) in [6.45, 7) is 4.77. The molecule has 0 spiro atoms. The summed E-state index contributed by atoms with van der Waals surface area (Å²) in [5.41, 5.74) is 7.57. The first kappa shape index (κ1) is 23.2. The molecule has 4 heterocycles. The number of anilines is 1. The predicted molar refractivity (Wildman–Crippen MR) is 148 cm³/mol. The third-order valence-corrected chi connectivity index (χ3v) is 7.42. The molecule has 1 amide bonds. The zero-order valence-corrected chi connectivity index (χ0v) is 21.5. The Morgan fingerprint density at radius 2 is 1.78 bits per heavy atom. The Balaban J connectivity index is 1.17. The number of piperazine rings is 1. The molecule has 1 aliphatic heterocycles. The molecule has 188 valence electrons. The van der Waals surface area contributed by atoms with Crippen molar-refractivity contribution in [1.82, 2.24) is 29.5 Å². The monoisotopic (exact) mass is 493 g/mol. The SMILES string of the molecule is CN(C)C(=O)c1ccc(N2CCN(Cc3cc4c(-c5ccc6[nH]ncc6c5)ccnc4n3C)CC2)cc1. The van der Waals surface area contributed by atoms with Gasteiger partial charge in [-0.2, -0.15) is 5.10 Å². The highest BCUT2D eigenvalue weighted by molar-refractivity contribution is 5.96. The maximum absolute atomic E-state index is 12.2. The Hall–Kier alpha value is -4.17. The van der Waals surface area contributed by atoms with E-state index in [1.165, 1.54) is 27.9 Å². The van der Waals surface area contributed by atoms with Gasteiger partial charge in [0.1, 0.15) is 5.65 Å². The number of pyridine rings is 1. The summed E-state index contributed by atoms with van der Waals surface area (Å²) in [7, 11) is 5.67. The molecule has 1 N–H and O–H groups in total. The van der Waals surface area contributed by atoms with Crippen LogP contribution in [0.25, 0.3) is 33.1 Å². The number of hydrogen-bond acceptors (Lipinski definition) is 5. The third kappa shape index (κ3) is 4.34. The molecule has 0 atom stereocenters. The van der Waals surface area contributed by atoms with Crippen molar-refractivity contribution in [3.05, 3.63) is 78.2 Å². The van der Waals surface area contributed by atoms with Gasteiger partial charge in [0.05, 0.1) is 11.7 Å². The fraction of sp³-hybridized carbons (Fsp3) is 0.276. The van der Waals surface area contributed by atoms with Crippen LogP contribution < -0.4 is 4.90 Å². The molecule has 1 fully saturated rings. The van der Waals surface area contributed by atoms with E-state index in [-0.39, 0.29) is 5.91 Å². The zero-order chi connectivity index (χ0) is 25.5. The number of fused-ring (bicyclic) bond motifs is 2. The molecule has 0 saturated carbocycles. The van der Waals surface area contributed by atoms with Gasteiger partial charge >= 0.3 is 0 Å². The van der Waals surface area contributed by atoms with Gasteiger partial charge in [0.15, 0.2) is 0 Å². The van der Waals surface area contributed by atoms with Crippen molar-refractivity contribution in [3.63, 3.8) is 0 Å². The van der Waals surface area contributed by atoms with Crippen molar-refractivity contribution in [2.75, 3.05) is 45.2 Å². The number of carbonyl (C=O) groups excluding carboxylic acids is 1. The number of aryl methyl sites for hydroxylation is 1. The quantitative estimate of drug-likeness (QED) is 0.398. The molecule has 6 rings (SSSR count). The number of carbonyl (C=O) groups is 1. The number of nitrogens with one attached hydrogen (secondary N) is 1. The van der Waals surface area contributed by atoms with Gasteiger partial charge in [-0.25, -0.2) is 4.98 Å². The number of hydrogen-bond donors (Lipinski definition) is 1. The molecule has 0 aliphatic carbocycles. The Morgan fingerprint density at radius 3 is 2.54 bits per heavy atom. The van der Waals surface area contributed by atoms with Crippen molar-refractivity contribution >= 4 is 33.5 Å². The van der Waals surface area contributed by atoms with Gasteiger partial charge in [-0.05, 0) is 59.7 Å². The molecule has 0 unspecified atom stereocenters. The number of rotatable bonds is 5. The lowest BCUT2D eigenvalue weighted by molar-refractivity contribution is 0.0827. The summed E-state index contributed by atoms with van der Waals surface area (Å²) >= 11 is 0. The molecule has 37 heavy (non-hydrogen) atoms. The topological polar surface area (TPSA) is 73.3 Å². The van der Waals surface area contributed by atoms with Crippen LogP contribution in [0.2, 0.25) is 0 Å². The number of amides is 1. The van der Waals surface area contributed by atoms with Gasteiger partial charge in [-0.3, -0.25) is 14.8 Å². The van der Waals surface area contributed by atoms with Gasteiger partial charge in [-0.15, -0.1) is 0 Å². The van der Waals surface area contributed by atoms with Gasteiger partial charge in [0, 0.05) is 87.8 Å². The summed E-state index contributed by atoms with van der Waals surface area (Å²) in [6, 6.07) is 18.8. The molecular formula is C29H31N7O. The number of nitrogens with zero attached hydrogens (tertiary/aromatic N) is 6. The van der Waals surface area contributed by atoms with Crippen LogP contribution in [0.15, 0.2) is 67.0 Å². The lowest BCUT2D eigenvalue weighted by Gasteiger charge is -2.36. The maximum atomic E-state index is 12.2. The Labute approximate surface area is 216 Å². The first-order valence-electron chi connectivity index (χ1n) is 12.6. The average molecular weight is 494 g/mol. The molecule has 3 aromatic heterocycles. The summed E-state index contributed by atoms with van der Waals surface area (Å²) in [5, 5.41) is 9.47. The van der Waals surface area contributed by atoms with E-state index in [9.17, 15) is 4.79 Å². The predicted octanol–water partition coefficient (Wildman–Crippen LogP) is 4.14. The second-order valence-corrected chi connectivity index (χ2v) is 9.97. The van der Waals surface area contributed by atoms with Crippen molar-refractivity contribution in [1.29, 1.82) is 0 Å². The van der Waals surface area contributed by atoms with Crippen molar-refractivity contribution in [2.45, 2.75) is 6.54 Å². The first-order valence-corrected chi connectivity index (χ1v) is 12.6. The standard InChI is InChI=1S/C29H31N7O/c1-33(2)29(37)20-4-7-23(8-5-20)36-14-12-35(13-15-36)19-24-17-26-25(10-11-30-28(26)34(24)3)21-6-9-27-22(16-21)18-31-32-27/h4-11,16-18H,12-15,19H2,1-3H3,(H,31,32). The van der Waals surface area contributed by atoms with E-state index < -0.39 is 0 Å². The fourth-order valence-corrected chi connectivity index (χ4v) is 5.25. The van der Waals surface area contributed by atoms with Crippen molar-refractivity contribution in [3.8, 4) is 11.1 Å². The van der Waals surface area contributed by atoms with Gasteiger partial charge in [0.25, 0.3) is 5.91 Å². The van der Waals surface area contributed by atoms with E-state index >= 15 is 0 Å². The molecule has 1 saturated heterocycles. The highest BCUT2D eigenvalue weighted by Crippen LogP contribution is 2.31. The van der Waals surface area contributed by atoms with Crippen LogP contribution in [0.5, 0.6) is 0 Å². The summed E-state index contributed by atoms with van der Waals surface area (Å²) in [4.78, 5) is 23.4. The molecule has 0 radical (unpaired) electrons. The molecule has 5 aromatic rings. The molecule has 2 aromatic carbocycles. The number of aromatic amines is 1. The molecule has 1 aliphatic rings. The Morgan fingerprint density at radius 1 is 1.00 bits per heavy atom. The maximum Gasteiger partial charge on any atom is 0.253 e. The minimum absolute atomic E-state index is 0.0333. The van der Waals surface area contributed by atoms with Crippen LogP contribution in [-0.4, -0.2) is 75.7 Å². The van der Waals surface area contributed by atoms with Crippen molar-refractivity contribution in [2.24, 2.45) is 7.05 Å². The van der Waals surface area contributed by atoms with Crippen LogP contribution >= 0.6 is 0 Å². The minimum atomic E-state index is 0.0333. The fourth-order valence-electron chi connectivity index (χ4n) is 5.25. The van der Waals surface area contributed by atoms with Crippen LogP contribution in [0.1, 0.15) is 16.1 Å². The molecule has 0 bridgehead atoms. The molecule has 8 heteroatoms. The summed E-state index contributed by atoms with van der Waals surface area (Å²) in [5.74, 6) is 0.0333. The van der Waals surface area contributed by atoms with E-state index in [1.54, 1.807) is 19.0 Å². The lowest BCUT2D eigenvalue weighted by Crippen LogP contribution is -2.46. The molecular weight excluding hydrogens is 462 g/mol. The van der Waals surface area contributed by atoms with Crippen LogP contribution in [0.4, 0.5) is 5.69 Å². The van der Waals surface area contributed by atoms with Gasteiger partial charge in [-0.1, -0.05) is 6.07 Å². The van der Waals surface area contributed by atoms with Crippen molar-refractivity contribution < 1.29 is 4.79 Å². The first-order chi connectivity index (χ1) is 18.0. The number of aromatic nitrogens is 4. The normalized spacial score (nSPS) is 14.5. The van der Waals surface area contributed by atoms with E-state index in [4.69, 9.17) is 4.98 Å². The number of benzene rings is 2. The van der Waals surface area contributed by atoms with E-state index in [1.807, 2.05) is 24.5 Å². The number of H-pyrrole nitrogens is 1. The molecule has 8 nitrogen and oxygen atoms in total. The second-order valence-electron chi connectivity index (χ2n) is 9.97. The average Bonchev–Trinajstić information content (AvgIpc) is 3.52. The smallest absolute Gasteiger partial charge is 0.253 e.